The zero-order valence-electron chi connectivity index (χ0n) is 10.8. The molecule has 0 saturated heterocycles. The number of rotatable bonds is 2. The molecule has 0 bridgehead atoms. The first-order valence-corrected chi connectivity index (χ1v) is 6.17. The molecule has 0 radical (unpaired) electrons. The Balaban J connectivity index is 0.00000133. The largest absolute Gasteiger partial charge is 0.351 e. The minimum atomic E-state index is 0. The maximum Gasteiger partial charge on any atom is 0.194 e. The van der Waals surface area contributed by atoms with E-state index in [1.807, 2.05) is 24.4 Å². The number of guanidine groups is 1. The van der Waals surface area contributed by atoms with Gasteiger partial charge in [0.25, 0.3) is 0 Å². The molecule has 3 rings (SSSR count). The van der Waals surface area contributed by atoms with E-state index in [-0.39, 0.29) is 24.0 Å². The summed E-state index contributed by atoms with van der Waals surface area (Å²) in [7, 11) is 2.05. The van der Waals surface area contributed by atoms with E-state index in [1.165, 1.54) is 10.8 Å². The first kappa shape index (κ1) is 14.0. The van der Waals surface area contributed by atoms with E-state index in [0.717, 1.165) is 24.7 Å². The van der Waals surface area contributed by atoms with Gasteiger partial charge in [-0.2, -0.15) is 0 Å². The first-order valence-electron chi connectivity index (χ1n) is 6.17. The predicted molar refractivity (Wildman–Crippen MR) is 88.9 cm³/mol. The van der Waals surface area contributed by atoms with Crippen molar-refractivity contribution in [2.45, 2.75) is 6.54 Å². The molecule has 0 saturated carbocycles. The monoisotopic (exact) mass is 368 g/mol. The minimum absolute atomic E-state index is 0. The van der Waals surface area contributed by atoms with Crippen LogP contribution in [0.25, 0.3) is 10.8 Å². The lowest BCUT2D eigenvalue weighted by atomic mass is 10.1. The summed E-state index contributed by atoms with van der Waals surface area (Å²) in [6.45, 7) is 2.58. The average molecular weight is 368 g/mol. The van der Waals surface area contributed by atoms with E-state index in [9.17, 15) is 0 Å². The van der Waals surface area contributed by atoms with Gasteiger partial charge in [0, 0.05) is 25.2 Å². The van der Waals surface area contributed by atoms with Crippen molar-refractivity contribution < 1.29 is 0 Å². The molecule has 100 valence electrons. The maximum atomic E-state index is 4.46. The fraction of sp³-hybridized carbons (Fsp3) is 0.286. The summed E-state index contributed by atoms with van der Waals surface area (Å²) in [5.74, 6) is 0.963. The van der Waals surface area contributed by atoms with Gasteiger partial charge in [0.05, 0.1) is 18.8 Å². The number of fused-ring (bicyclic) bond motifs is 1. The number of aromatic nitrogens is 1. The number of likely N-dealkylation sites (N-methyl/N-ethyl adjacent to an activating group) is 1. The zero-order valence-corrected chi connectivity index (χ0v) is 13.2. The number of nitrogens with one attached hydrogen (secondary N) is 1. The van der Waals surface area contributed by atoms with Crippen LogP contribution in [0.2, 0.25) is 0 Å². The number of pyridine rings is 1. The molecule has 0 amide bonds. The average Bonchev–Trinajstić information content (AvgIpc) is 2.82. The second kappa shape index (κ2) is 6.18. The SMILES string of the molecule is CN1CCN=C1NCc1nccc2ccccc12.I. The van der Waals surface area contributed by atoms with E-state index >= 15 is 0 Å². The van der Waals surface area contributed by atoms with E-state index in [2.05, 4.69) is 39.4 Å². The maximum absolute atomic E-state index is 4.46. The summed E-state index contributed by atoms with van der Waals surface area (Å²) < 4.78 is 0. The Labute approximate surface area is 130 Å². The van der Waals surface area contributed by atoms with Crippen LogP contribution >= 0.6 is 24.0 Å². The number of aliphatic imine (C=N–C) groups is 1. The molecule has 4 nitrogen and oxygen atoms in total. The Kier molecular flexibility index (Phi) is 4.57. The smallest absolute Gasteiger partial charge is 0.194 e. The topological polar surface area (TPSA) is 40.5 Å². The lowest BCUT2D eigenvalue weighted by Crippen LogP contribution is -2.35. The highest BCUT2D eigenvalue weighted by atomic mass is 127. The molecule has 5 heteroatoms. The third-order valence-electron chi connectivity index (χ3n) is 3.23. The lowest BCUT2D eigenvalue weighted by molar-refractivity contribution is 0.533. The van der Waals surface area contributed by atoms with Crippen LogP contribution in [0.1, 0.15) is 5.69 Å². The van der Waals surface area contributed by atoms with Crippen LogP contribution in [0, 0.1) is 0 Å². The van der Waals surface area contributed by atoms with Gasteiger partial charge >= 0.3 is 0 Å². The van der Waals surface area contributed by atoms with Crippen molar-refractivity contribution in [1.29, 1.82) is 0 Å². The van der Waals surface area contributed by atoms with Crippen molar-refractivity contribution in [3.8, 4) is 0 Å². The molecule has 0 aliphatic carbocycles. The molecule has 0 atom stereocenters. The Morgan fingerprint density at radius 3 is 2.89 bits per heavy atom. The second-order valence-corrected chi connectivity index (χ2v) is 4.46. The standard InChI is InChI=1S/C14H16N4.HI/c1-18-9-8-16-14(18)17-10-13-12-5-3-2-4-11(12)6-7-15-13;/h2-7H,8-10H2,1H3,(H,16,17);1H. The number of halogens is 1. The van der Waals surface area contributed by atoms with E-state index in [0.29, 0.717) is 6.54 Å². The fourth-order valence-corrected chi connectivity index (χ4v) is 2.21. The summed E-state index contributed by atoms with van der Waals surface area (Å²) in [5, 5.41) is 5.78. The number of hydrogen-bond donors (Lipinski definition) is 1. The Hall–Kier alpha value is -1.37. The Morgan fingerprint density at radius 1 is 1.26 bits per heavy atom. The van der Waals surface area contributed by atoms with Gasteiger partial charge in [-0.05, 0) is 11.5 Å². The summed E-state index contributed by atoms with van der Waals surface area (Å²) in [4.78, 5) is 11.0. The molecule has 1 aromatic heterocycles. The third-order valence-corrected chi connectivity index (χ3v) is 3.23. The highest BCUT2D eigenvalue weighted by Crippen LogP contribution is 2.16. The fourth-order valence-electron chi connectivity index (χ4n) is 2.21. The van der Waals surface area contributed by atoms with E-state index < -0.39 is 0 Å². The third kappa shape index (κ3) is 2.97. The molecule has 1 N–H and O–H groups in total. The van der Waals surface area contributed by atoms with Crippen molar-refractivity contribution in [3.05, 3.63) is 42.2 Å². The zero-order chi connectivity index (χ0) is 12.4. The van der Waals surface area contributed by atoms with Crippen LogP contribution in [-0.2, 0) is 6.54 Å². The molecule has 1 aliphatic heterocycles. The molecule has 2 heterocycles. The number of benzene rings is 1. The highest BCUT2D eigenvalue weighted by Gasteiger charge is 2.12. The van der Waals surface area contributed by atoms with Gasteiger partial charge in [-0.3, -0.25) is 9.98 Å². The lowest BCUT2D eigenvalue weighted by Gasteiger charge is -2.15. The molecule has 0 unspecified atom stereocenters. The van der Waals surface area contributed by atoms with Gasteiger partial charge in [-0.1, -0.05) is 24.3 Å². The summed E-state index contributed by atoms with van der Waals surface area (Å²) in [6.07, 6.45) is 1.86. The van der Waals surface area contributed by atoms with Crippen molar-refractivity contribution in [2.24, 2.45) is 4.99 Å². The van der Waals surface area contributed by atoms with Gasteiger partial charge in [-0.15, -0.1) is 24.0 Å². The summed E-state index contributed by atoms with van der Waals surface area (Å²) in [5.41, 5.74) is 1.07. The molecular formula is C14H17IN4. The quantitative estimate of drug-likeness (QED) is 0.827. The predicted octanol–water partition coefficient (Wildman–Crippen LogP) is 2.24. The van der Waals surface area contributed by atoms with Gasteiger partial charge in [0.1, 0.15) is 0 Å². The molecule has 0 spiro atoms. The molecule has 1 aliphatic rings. The molecular weight excluding hydrogens is 351 g/mol. The molecule has 1 aromatic carbocycles. The number of hydrogen-bond acceptors (Lipinski definition) is 4. The van der Waals surface area contributed by atoms with Crippen molar-refractivity contribution >= 4 is 40.7 Å². The van der Waals surface area contributed by atoms with Gasteiger partial charge in [-0.25, -0.2) is 0 Å². The molecule has 19 heavy (non-hydrogen) atoms. The van der Waals surface area contributed by atoms with Gasteiger partial charge in [0.15, 0.2) is 5.96 Å². The van der Waals surface area contributed by atoms with Crippen LogP contribution < -0.4 is 5.32 Å². The molecule has 2 aromatic rings. The van der Waals surface area contributed by atoms with Crippen LogP contribution in [0.15, 0.2) is 41.5 Å². The van der Waals surface area contributed by atoms with Crippen molar-refractivity contribution in [3.63, 3.8) is 0 Å². The molecule has 0 fully saturated rings. The van der Waals surface area contributed by atoms with Gasteiger partial charge in [0.2, 0.25) is 0 Å². The van der Waals surface area contributed by atoms with Crippen LogP contribution in [0.5, 0.6) is 0 Å². The number of nitrogens with zero attached hydrogens (tertiary/aromatic N) is 3. The van der Waals surface area contributed by atoms with E-state index in [4.69, 9.17) is 0 Å². The van der Waals surface area contributed by atoms with Crippen molar-refractivity contribution in [1.82, 2.24) is 15.2 Å². The summed E-state index contributed by atoms with van der Waals surface area (Å²) in [6, 6.07) is 10.4. The normalized spacial score (nSPS) is 14.2. The minimum Gasteiger partial charge on any atom is -0.351 e. The van der Waals surface area contributed by atoms with Crippen LogP contribution in [0.4, 0.5) is 0 Å². The highest BCUT2D eigenvalue weighted by molar-refractivity contribution is 14.0. The Bertz CT molecular complexity index is 592. The van der Waals surface area contributed by atoms with Crippen molar-refractivity contribution in [2.75, 3.05) is 20.1 Å². The second-order valence-electron chi connectivity index (χ2n) is 4.46. The first-order chi connectivity index (χ1) is 8.84. The van der Waals surface area contributed by atoms with Gasteiger partial charge < -0.3 is 10.2 Å². The van der Waals surface area contributed by atoms with E-state index in [1.54, 1.807) is 0 Å². The summed E-state index contributed by atoms with van der Waals surface area (Å²) >= 11 is 0. The Morgan fingerprint density at radius 2 is 2.11 bits per heavy atom. The van der Waals surface area contributed by atoms with Crippen LogP contribution in [-0.4, -0.2) is 36.0 Å². The van der Waals surface area contributed by atoms with Crippen LogP contribution in [0.3, 0.4) is 0 Å².